The molecule has 6 nitrogen and oxygen atoms in total. The highest BCUT2D eigenvalue weighted by molar-refractivity contribution is 8.00. The highest BCUT2D eigenvalue weighted by Crippen LogP contribution is 2.32. The molecule has 0 spiro atoms. The molecule has 2 N–H and O–H groups in total. The van der Waals surface area contributed by atoms with Crippen LogP contribution in [0.5, 0.6) is 0 Å². The fourth-order valence-corrected chi connectivity index (χ4v) is 3.82. The number of ether oxygens (including phenoxy) is 1. The Morgan fingerprint density at radius 1 is 1.53 bits per heavy atom. The number of carbonyl (C=O) groups is 2. The number of morpholine rings is 1. The third-order valence-electron chi connectivity index (χ3n) is 3.42. The Bertz CT molecular complexity index is 347. The second-order valence-electron chi connectivity index (χ2n) is 4.75. The molecule has 0 radical (unpaired) electrons. The number of nitrogens with zero attached hydrogens (tertiary/aromatic N) is 1. The molecule has 2 aliphatic heterocycles. The second kappa shape index (κ2) is 6.58. The molecule has 19 heavy (non-hydrogen) atoms. The Kier molecular flexibility index (Phi) is 5.06. The van der Waals surface area contributed by atoms with Gasteiger partial charge in [-0.3, -0.25) is 4.79 Å². The van der Waals surface area contributed by atoms with E-state index in [9.17, 15) is 14.7 Å². The van der Waals surface area contributed by atoms with E-state index in [0.717, 1.165) is 13.0 Å². The number of carboxylic acid groups (broad SMARTS) is 1. The van der Waals surface area contributed by atoms with Crippen LogP contribution in [-0.4, -0.2) is 64.9 Å². The Hall–Kier alpha value is -0.790. The SMILES string of the molecule is CCC1SCC(C(=O)O)N1C(=O)CC1CNCCO1. The molecule has 7 heteroatoms. The quantitative estimate of drug-likeness (QED) is 0.765. The van der Waals surface area contributed by atoms with Gasteiger partial charge in [0.15, 0.2) is 0 Å². The van der Waals surface area contributed by atoms with Crippen LogP contribution in [0, 0.1) is 0 Å². The molecule has 2 rings (SSSR count). The summed E-state index contributed by atoms with van der Waals surface area (Å²) in [4.78, 5) is 25.1. The first-order valence-corrected chi connectivity index (χ1v) is 7.66. The van der Waals surface area contributed by atoms with Crippen molar-refractivity contribution in [3.63, 3.8) is 0 Å². The highest BCUT2D eigenvalue weighted by Gasteiger charge is 2.41. The fraction of sp³-hybridized carbons (Fsp3) is 0.833. The van der Waals surface area contributed by atoms with Crippen LogP contribution in [-0.2, 0) is 14.3 Å². The monoisotopic (exact) mass is 288 g/mol. The molecule has 108 valence electrons. The number of thioether (sulfide) groups is 1. The molecule has 2 saturated heterocycles. The zero-order chi connectivity index (χ0) is 13.8. The molecule has 2 aliphatic rings. The van der Waals surface area contributed by atoms with Crippen molar-refractivity contribution in [1.29, 1.82) is 0 Å². The van der Waals surface area contributed by atoms with Gasteiger partial charge in [-0.05, 0) is 6.42 Å². The van der Waals surface area contributed by atoms with Crippen LogP contribution in [0.15, 0.2) is 0 Å². The van der Waals surface area contributed by atoms with E-state index in [1.54, 1.807) is 11.8 Å². The van der Waals surface area contributed by atoms with Crippen LogP contribution in [0.2, 0.25) is 0 Å². The zero-order valence-corrected chi connectivity index (χ0v) is 11.8. The summed E-state index contributed by atoms with van der Waals surface area (Å²) in [5.74, 6) is -0.555. The van der Waals surface area contributed by atoms with E-state index in [0.29, 0.717) is 18.9 Å². The topological polar surface area (TPSA) is 78.9 Å². The molecule has 2 fully saturated rings. The number of hydrogen-bond donors (Lipinski definition) is 2. The van der Waals surface area contributed by atoms with E-state index in [-0.39, 0.29) is 23.8 Å². The lowest BCUT2D eigenvalue weighted by molar-refractivity contribution is -0.150. The van der Waals surface area contributed by atoms with Crippen LogP contribution >= 0.6 is 11.8 Å². The first kappa shape index (κ1) is 14.6. The van der Waals surface area contributed by atoms with E-state index in [1.165, 1.54) is 4.90 Å². The molecular weight excluding hydrogens is 268 g/mol. The number of aliphatic carboxylic acids is 1. The minimum Gasteiger partial charge on any atom is -0.480 e. The van der Waals surface area contributed by atoms with Crippen LogP contribution in [0.1, 0.15) is 19.8 Å². The number of carboxylic acids is 1. The fourth-order valence-electron chi connectivity index (χ4n) is 2.45. The van der Waals surface area contributed by atoms with Gasteiger partial charge in [0, 0.05) is 18.8 Å². The highest BCUT2D eigenvalue weighted by atomic mass is 32.2. The molecule has 0 aliphatic carbocycles. The number of carbonyl (C=O) groups excluding carboxylic acids is 1. The summed E-state index contributed by atoms with van der Waals surface area (Å²) >= 11 is 1.55. The zero-order valence-electron chi connectivity index (χ0n) is 11.0. The molecule has 0 saturated carbocycles. The Balaban J connectivity index is 1.99. The van der Waals surface area contributed by atoms with E-state index >= 15 is 0 Å². The predicted molar refractivity (Wildman–Crippen MR) is 72.0 cm³/mol. The average molecular weight is 288 g/mol. The van der Waals surface area contributed by atoms with Gasteiger partial charge in [-0.1, -0.05) is 6.92 Å². The van der Waals surface area contributed by atoms with Crippen LogP contribution < -0.4 is 5.32 Å². The van der Waals surface area contributed by atoms with Crippen molar-refractivity contribution in [2.45, 2.75) is 37.3 Å². The third kappa shape index (κ3) is 3.40. The summed E-state index contributed by atoms with van der Waals surface area (Å²) in [6.07, 6.45) is 0.886. The van der Waals surface area contributed by atoms with Crippen LogP contribution in [0.25, 0.3) is 0 Å². The maximum absolute atomic E-state index is 12.3. The lowest BCUT2D eigenvalue weighted by Crippen LogP contribution is -2.48. The number of hydrogen-bond acceptors (Lipinski definition) is 5. The summed E-state index contributed by atoms with van der Waals surface area (Å²) in [5, 5.41) is 12.4. The van der Waals surface area contributed by atoms with Crippen molar-refractivity contribution in [2.24, 2.45) is 0 Å². The van der Waals surface area contributed by atoms with Crippen molar-refractivity contribution in [3.05, 3.63) is 0 Å². The molecule has 0 aromatic heterocycles. The summed E-state index contributed by atoms with van der Waals surface area (Å²) in [5.41, 5.74) is 0. The van der Waals surface area contributed by atoms with Crippen LogP contribution in [0.3, 0.4) is 0 Å². The first-order valence-electron chi connectivity index (χ1n) is 6.61. The van der Waals surface area contributed by atoms with E-state index in [2.05, 4.69) is 5.32 Å². The minimum absolute atomic E-state index is 0.0230. The van der Waals surface area contributed by atoms with Gasteiger partial charge in [0.1, 0.15) is 6.04 Å². The summed E-state index contributed by atoms with van der Waals surface area (Å²) in [7, 11) is 0. The Morgan fingerprint density at radius 2 is 2.32 bits per heavy atom. The van der Waals surface area contributed by atoms with Gasteiger partial charge in [0.05, 0.1) is 24.5 Å². The first-order chi connectivity index (χ1) is 9.13. The Morgan fingerprint density at radius 3 is 2.89 bits per heavy atom. The summed E-state index contributed by atoms with van der Waals surface area (Å²) in [6.45, 7) is 4.04. The van der Waals surface area contributed by atoms with Crippen molar-refractivity contribution < 1.29 is 19.4 Å². The lowest BCUT2D eigenvalue weighted by atomic mass is 10.1. The molecular formula is C12H20N2O4S. The average Bonchev–Trinajstić information content (AvgIpc) is 2.83. The lowest BCUT2D eigenvalue weighted by Gasteiger charge is -2.30. The van der Waals surface area contributed by atoms with Gasteiger partial charge in [0.2, 0.25) is 5.91 Å². The summed E-state index contributed by atoms with van der Waals surface area (Å²) in [6, 6.07) is -0.695. The van der Waals surface area contributed by atoms with E-state index in [1.807, 2.05) is 6.92 Å². The molecule has 3 unspecified atom stereocenters. The maximum atomic E-state index is 12.3. The van der Waals surface area contributed by atoms with Gasteiger partial charge >= 0.3 is 5.97 Å². The van der Waals surface area contributed by atoms with Crippen molar-refractivity contribution in [3.8, 4) is 0 Å². The van der Waals surface area contributed by atoms with Crippen molar-refractivity contribution in [2.75, 3.05) is 25.4 Å². The molecule has 0 aromatic rings. The Labute approximate surface area is 116 Å². The molecule has 3 atom stereocenters. The van der Waals surface area contributed by atoms with Crippen molar-refractivity contribution >= 4 is 23.6 Å². The van der Waals surface area contributed by atoms with Crippen LogP contribution in [0.4, 0.5) is 0 Å². The van der Waals surface area contributed by atoms with Crippen molar-refractivity contribution in [1.82, 2.24) is 10.2 Å². The van der Waals surface area contributed by atoms with Gasteiger partial charge in [0.25, 0.3) is 0 Å². The van der Waals surface area contributed by atoms with Gasteiger partial charge < -0.3 is 20.1 Å². The maximum Gasteiger partial charge on any atom is 0.327 e. The second-order valence-corrected chi connectivity index (χ2v) is 5.96. The standard InChI is InChI=1S/C12H20N2O4S/c1-2-11-14(9(7-19-11)12(16)17)10(15)5-8-6-13-3-4-18-8/h8-9,11,13H,2-7H2,1H3,(H,16,17). The van der Waals surface area contributed by atoms with E-state index < -0.39 is 12.0 Å². The third-order valence-corrected chi connectivity index (χ3v) is 4.87. The molecule has 2 heterocycles. The number of amides is 1. The largest absolute Gasteiger partial charge is 0.480 e. The number of rotatable bonds is 4. The van der Waals surface area contributed by atoms with E-state index in [4.69, 9.17) is 4.74 Å². The minimum atomic E-state index is -0.917. The number of nitrogens with one attached hydrogen (secondary N) is 1. The molecule has 1 amide bonds. The molecule has 0 aromatic carbocycles. The predicted octanol–water partition coefficient (Wildman–Crippen LogP) is 0.130. The smallest absolute Gasteiger partial charge is 0.327 e. The summed E-state index contributed by atoms with van der Waals surface area (Å²) < 4.78 is 5.51. The van der Waals surface area contributed by atoms with Gasteiger partial charge in [-0.2, -0.15) is 0 Å². The molecule has 0 bridgehead atoms. The van der Waals surface area contributed by atoms with Gasteiger partial charge in [-0.15, -0.1) is 11.8 Å². The normalized spacial score (nSPS) is 31.4. The van der Waals surface area contributed by atoms with Gasteiger partial charge in [-0.25, -0.2) is 4.79 Å².